The molecule has 1 N–H and O–H groups in total. The van der Waals surface area contributed by atoms with Gasteiger partial charge in [-0.1, -0.05) is 42.5 Å². The maximum absolute atomic E-state index is 12.9. The molecule has 1 saturated heterocycles. The van der Waals surface area contributed by atoms with Crippen LogP contribution in [0.25, 0.3) is 6.08 Å². The first-order chi connectivity index (χ1) is 13.2. The molecule has 0 aliphatic carbocycles. The lowest BCUT2D eigenvalue weighted by atomic mass is 10.2. The lowest BCUT2D eigenvalue weighted by Crippen LogP contribution is -2.48. The second kappa shape index (κ2) is 9.88. The van der Waals surface area contributed by atoms with Crippen LogP contribution in [0.3, 0.4) is 0 Å². The van der Waals surface area contributed by atoms with E-state index in [0.717, 1.165) is 38.4 Å². The zero-order chi connectivity index (χ0) is 18.9. The van der Waals surface area contributed by atoms with Gasteiger partial charge in [0.15, 0.2) is 0 Å². The van der Waals surface area contributed by atoms with Gasteiger partial charge < -0.3 is 10.2 Å². The van der Waals surface area contributed by atoms with Gasteiger partial charge in [-0.15, -0.1) is 0 Å². The largest absolute Gasteiger partial charge is 0.385 e. The van der Waals surface area contributed by atoms with Crippen molar-refractivity contribution in [2.24, 2.45) is 0 Å². The van der Waals surface area contributed by atoms with Gasteiger partial charge in [0, 0.05) is 51.4 Å². The van der Waals surface area contributed by atoms with E-state index in [0.29, 0.717) is 13.0 Å². The molecule has 4 nitrogen and oxygen atoms in total. The van der Waals surface area contributed by atoms with Crippen molar-refractivity contribution in [3.05, 3.63) is 72.1 Å². The van der Waals surface area contributed by atoms with Crippen molar-refractivity contribution in [2.75, 3.05) is 44.6 Å². The number of piperazine rings is 1. The minimum atomic E-state index is -0.256. The molecule has 1 amide bonds. The first kappa shape index (κ1) is 19.1. The number of anilines is 1. The Morgan fingerprint density at radius 2 is 1.70 bits per heavy atom. The molecule has 142 valence electrons. The van der Waals surface area contributed by atoms with Crippen LogP contribution in [0.5, 0.6) is 0 Å². The number of amides is 1. The summed E-state index contributed by atoms with van der Waals surface area (Å²) in [5.41, 5.74) is 2.04. The SMILES string of the molecule is O=C(CCNc1ccc(F)cc1)N1CCN(C/C=C/c2ccccc2)CC1. The third-order valence-corrected chi connectivity index (χ3v) is 4.71. The van der Waals surface area contributed by atoms with E-state index >= 15 is 0 Å². The summed E-state index contributed by atoms with van der Waals surface area (Å²) in [7, 11) is 0. The van der Waals surface area contributed by atoms with Crippen LogP contribution in [0.4, 0.5) is 10.1 Å². The quantitative estimate of drug-likeness (QED) is 0.814. The third-order valence-electron chi connectivity index (χ3n) is 4.71. The summed E-state index contributed by atoms with van der Waals surface area (Å²) in [6.45, 7) is 4.81. The molecule has 0 unspecified atom stereocenters. The summed E-state index contributed by atoms with van der Waals surface area (Å²) in [5.74, 6) is -0.0859. The van der Waals surface area contributed by atoms with Gasteiger partial charge >= 0.3 is 0 Å². The van der Waals surface area contributed by atoms with Gasteiger partial charge in [0.1, 0.15) is 5.82 Å². The molecule has 0 atom stereocenters. The van der Waals surface area contributed by atoms with Crippen molar-refractivity contribution in [2.45, 2.75) is 6.42 Å². The fourth-order valence-electron chi connectivity index (χ4n) is 3.12. The maximum atomic E-state index is 12.9. The second-order valence-corrected chi connectivity index (χ2v) is 6.68. The van der Waals surface area contributed by atoms with Crippen molar-refractivity contribution < 1.29 is 9.18 Å². The van der Waals surface area contributed by atoms with Gasteiger partial charge in [0.2, 0.25) is 5.91 Å². The van der Waals surface area contributed by atoms with E-state index in [9.17, 15) is 9.18 Å². The highest BCUT2D eigenvalue weighted by Gasteiger charge is 2.19. The molecule has 5 heteroatoms. The number of nitrogens with zero attached hydrogens (tertiary/aromatic N) is 2. The Balaban J connectivity index is 1.34. The topological polar surface area (TPSA) is 35.6 Å². The molecule has 1 fully saturated rings. The molecule has 0 saturated carbocycles. The number of halogens is 1. The third kappa shape index (κ3) is 6.22. The van der Waals surface area contributed by atoms with Crippen molar-refractivity contribution >= 4 is 17.7 Å². The van der Waals surface area contributed by atoms with E-state index < -0.39 is 0 Å². The highest BCUT2D eigenvalue weighted by molar-refractivity contribution is 5.76. The van der Waals surface area contributed by atoms with Crippen molar-refractivity contribution in [3.8, 4) is 0 Å². The van der Waals surface area contributed by atoms with E-state index in [2.05, 4.69) is 34.5 Å². The predicted molar refractivity (Wildman–Crippen MR) is 108 cm³/mol. The van der Waals surface area contributed by atoms with Crippen LogP contribution in [-0.4, -0.2) is 55.0 Å². The molecule has 0 spiro atoms. The van der Waals surface area contributed by atoms with Crippen LogP contribution >= 0.6 is 0 Å². The zero-order valence-electron chi connectivity index (χ0n) is 15.5. The zero-order valence-corrected chi connectivity index (χ0v) is 15.5. The summed E-state index contributed by atoms with van der Waals surface area (Å²) < 4.78 is 12.9. The molecule has 0 bridgehead atoms. The molecule has 3 rings (SSSR count). The van der Waals surface area contributed by atoms with Gasteiger partial charge in [-0.05, 0) is 29.8 Å². The summed E-state index contributed by atoms with van der Waals surface area (Å²) in [6, 6.07) is 16.5. The summed E-state index contributed by atoms with van der Waals surface area (Å²) in [5, 5.41) is 3.16. The Labute approximate surface area is 160 Å². The highest BCUT2D eigenvalue weighted by Crippen LogP contribution is 2.09. The van der Waals surface area contributed by atoms with Crippen molar-refractivity contribution in [3.63, 3.8) is 0 Å². The Morgan fingerprint density at radius 3 is 2.41 bits per heavy atom. The monoisotopic (exact) mass is 367 g/mol. The van der Waals surface area contributed by atoms with Crippen LogP contribution in [0.1, 0.15) is 12.0 Å². The first-order valence-electron chi connectivity index (χ1n) is 9.42. The van der Waals surface area contributed by atoms with Crippen molar-refractivity contribution in [1.82, 2.24) is 9.80 Å². The number of rotatable bonds is 7. The van der Waals surface area contributed by atoms with Gasteiger partial charge in [0.25, 0.3) is 0 Å². The molecule has 1 heterocycles. The van der Waals surface area contributed by atoms with E-state index in [4.69, 9.17) is 0 Å². The summed E-state index contributed by atoms with van der Waals surface area (Å²) in [6.07, 6.45) is 4.77. The highest BCUT2D eigenvalue weighted by atomic mass is 19.1. The van der Waals surface area contributed by atoms with Crippen LogP contribution in [0, 0.1) is 5.82 Å². The predicted octanol–water partition coefficient (Wildman–Crippen LogP) is 3.49. The Morgan fingerprint density at radius 1 is 1.00 bits per heavy atom. The standard InChI is InChI=1S/C22H26FN3O/c23-20-8-10-21(11-9-20)24-13-12-22(27)26-17-15-25(16-18-26)14-4-7-19-5-2-1-3-6-19/h1-11,24H,12-18H2/b7-4+. The molecule has 27 heavy (non-hydrogen) atoms. The average Bonchev–Trinajstić information content (AvgIpc) is 2.71. The fourth-order valence-corrected chi connectivity index (χ4v) is 3.12. The number of carbonyl (C=O) groups is 1. The van der Waals surface area contributed by atoms with Gasteiger partial charge in [-0.3, -0.25) is 9.69 Å². The molecule has 0 aromatic heterocycles. The van der Waals surface area contributed by atoms with Gasteiger partial charge in [0.05, 0.1) is 0 Å². The second-order valence-electron chi connectivity index (χ2n) is 6.68. The minimum Gasteiger partial charge on any atom is -0.385 e. The van der Waals surface area contributed by atoms with E-state index in [-0.39, 0.29) is 11.7 Å². The molecule has 0 radical (unpaired) electrons. The number of carbonyl (C=O) groups excluding carboxylic acids is 1. The molecule has 1 aliphatic rings. The van der Waals surface area contributed by atoms with Gasteiger partial charge in [-0.2, -0.15) is 0 Å². The minimum absolute atomic E-state index is 0.170. The van der Waals surface area contributed by atoms with E-state index in [1.54, 1.807) is 12.1 Å². The van der Waals surface area contributed by atoms with Crippen molar-refractivity contribution in [1.29, 1.82) is 0 Å². The maximum Gasteiger partial charge on any atom is 0.224 e. The Kier molecular flexibility index (Phi) is 6.99. The number of benzene rings is 2. The normalized spacial score (nSPS) is 15.2. The Bertz CT molecular complexity index is 738. The molecule has 1 aliphatic heterocycles. The average molecular weight is 367 g/mol. The Hall–Kier alpha value is -2.66. The first-order valence-corrected chi connectivity index (χ1v) is 9.42. The van der Waals surface area contributed by atoms with Crippen LogP contribution in [0.15, 0.2) is 60.7 Å². The number of hydrogen-bond acceptors (Lipinski definition) is 3. The summed E-state index contributed by atoms with van der Waals surface area (Å²) >= 11 is 0. The van der Waals surface area contributed by atoms with Gasteiger partial charge in [-0.25, -0.2) is 4.39 Å². The molecular weight excluding hydrogens is 341 g/mol. The molecular formula is C22H26FN3O. The molecule has 2 aromatic rings. The van der Waals surface area contributed by atoms with E-state index in [1.807, 2.05) is 23.1 Å². The number of hydrogen-bond donors (Lipinski definition) is 1. The fraction of sp³-hybridized carbons (Fsp3) is 0.318. The molecule has 2 aromatic carbocycles. The van der Waals surface area contributed by atoms with Crippen LogP contribution in [0.2, 0.25) is 0 Å². The smallest absolute Gasteiger partial charge is 0.224 e. The summed E-state index contributed by atoms with van der Waals surface area (Å²) in [4.78, 5) is 16.6. The van der Waals surface area contributed by atoms with E-state index in [1.165, 1.54) is 17.7 Å². The van der Waals surface area contributed by atoms with Crippen LogP contribution < -0.4 is 5.32 Å². The van der Waals surface area contributed by atoms with Crippen LogP contribution in [-0.2, 0) is 4.79 Å². The lowest BCUT2D eigenvalue weighted by molar-refractivity contribution is -0.132. The lowest BCUT2D eigenvalue weighted by Gasteiger charge is -2.34. The number of nitrogens with one attached hydrogen (secondary N) is 1.